The fourth-order valence-electron chi connectivity index (χ4n) is 0.183. The van der Waals surface area contributed by atoms with Crippen LogP contribution in [0.5, 0.6) is 0 Å². The van der Waals surface area contributed by atoms with E-state index in [-0.39, 0.29) is 5.97 Å². The van der Waals surface area contributed by atoms with Crippen LogP contribution >= 0.6 is 0 Å². The third-order valence-corrected chi connectivity index (χ3v) is 0.666. The number of hydrogen-bond acceptors (Lipinski definition) is 2. The lowest BCUT2D eigenvalue weighted by Gasteiger charge is -1.93. The van der Waals surface area contributed by atoms with E-state index < -0.39 is 0 Å². The van der Waals surface area contributed by atoms with Crippen LogP contribution in [-0.2, 0) is 9.53 Å². The van der Waals surface area contributed by atoms with E-state index in [1.165, 1.54) is 0 Å². The zero-order chi connectivity index (χ0) is 5.70. The predicted molar refractivity (Wildman–Crippen MR) is 27.0 cm³/mol. The Morgan fingerprint density at radius 3 is 2.57 bits per heavy atom. The van der Waals surface area contributed by atoms with E-state index in [1.807, 2.05) is 0 Å². The average molecular weight is 115 g/mol. The van der Waals surface area contributed by atoms with E-state index >= 15 is 0 Å². The molecular formula is C4H7O2Si. The minimum absolute atomic E-state index is 0.171. The van der Waals surface area contributed by atoms with Gasteiger partial charge >= 0.3 is 5.97 Å². The minimum atomic E-state index is -0.171. The summed E-state index contributed by atoms with van der Waals surface area (Å²) >= 11 is 0. The molecule has 0 amide bonds. The summed E-state index contributed by atoms with van der Waals surface area (Å²) in [5.41, 5.74) is 0. The Labute approximate surface area is 46.3 Å². The SMILES string of the molecule is CCC(=O)OC[Si]. The van der Waals surface area contributed by atoms with Crippen LogP contribution in [0.1, 0.15) is 13.3 Å². The highest BCUT2D eigenvalue weighted by atomic mass is 28.1. The van der Waals surface area contributed by atoms with Crippen LogP contribution < -0.4 is 0 Å². The van der Waals surface area contributed by atoms with Gasteiger partial charge in [0.15, 0.2) is 0 Å². The highest BCUT2D eigenvalue weighted by Gasteiger charge is 1.91. The first-order chi connectivity index (χ1) is 3.31. The van der Waals surface area contributed by atoms with Gasteiger partial charge in [0.2, 0.25) is 0 Å². The van der Waals surface area contributed by atoms with Crippen LogP contribution in [-0.4, -0.2) is 22.4 Å². The summed E-state index contributed by atoms with van der Waals surface area (Å²) in [6.07, 6.45) is 0.747. The minimum Gasteiger partial charge on any atom is -0.470 e. The molecule has 0 aromatic carbocycles. The van der Waals surface area contributed by atoms with Gasteiger partial charge in [0.1, 0.15) is 0 Å². The van der Waals surface area contributed by atoms with Crippen molar-refractivity contribution in [3.63, 3.8) is 0 Å². The monoisotopic (exact) mass is 115 g/mol. The second kappa shape index (κ2) is 3.86. The van der Waals surface area contributed by atoms with Gasteiger partial charge in [0.25, 0.3) is 0 Å². The summed E-state index contributed by atoms with van der Waals surface area (Å²) in [6, 6.07) is 0. The molecule has 0 rings (SSSR count). The Morgan fingerprint density at radius 1 is 1.86 bits per heavy atom. The lowest BCUT2D eigenvalue weighted by Crippen LogP contribution is -2.02. The molecule has 0 aromatic heterocycles. The van der Waals surface area contributed by atoms with Crippen molar-refractivity contribution in [1.82, 2.24) is 0 Å². The van der Waals surface area contributed by atoms with Crippen molar-refractivity contribution in [2.24, 2.45) is 0 Å². The molecular weight excluding hydrogens is 108 g/mol. The van der Waals surface area contributed by atoms with Crippen LogP contribution in [0.4, 0.5) is 0 Å². The highest BCUT2D eigenvalue weighted by Crippen LogP contribution is 1.79. The first-order valence-corrected chi connectivity index (χ1v) is 2.82. The van der Waals surface area contributed by atoms with Crippen LogP contribution in [0.3, 0.4) is 0 Å². The Kier molecular flexibility index (Phi) is 3.69. The topological polar surface area (TPSA) is 26.3 Å². The Morgan fingerprint density at radius 2 is 2.43 bits per heavy atom. The van der Waals surface area contributed by atoms with Crippen LogP contribution in [0.15, 0.2) is 0 Å². The lowest BCUT2D eigenvalue weighted by atomic mass is 10.5. The second-order valence-electron chi connectivity index (χ2n) is 1.01. The number of esters is 1. The molecule has 0 bridgehead atoms. The zero-order valence-electron chi connectivity index (χ0n) is 4.23. The van der Waals surface area contributed by atoms with Crippen molar-refractivity contribution in [1.29, 1.82) is 0 Å². The maximum atomic E-state index is 10.2. The van der Waals surface area contributed by atoms with Crippen molar-refractivity contribution < 1.29 is 9.53 Å². The summed E-state index contributed by atoms with van der Waals surface area (Å²) in [7, 11) is 2.99. The van der Waals surface area contributed by atoms with Crippen LogP contribution in [0.25, 0.3) is 0 Å². The Balaban J connectivity index is 3.00. The van der Waals surface area contributed by atoms with Crippen LogP contribution in [0.2, 0.25) is 0 Å². The van der Waals surface area contributed by atoms with Gasteiger partial charge < -0.3 is 4.74 Å². The maximum absolute atomic E-state index is 10.2. The quantitative estimate of drug-likeness (QED) is 0.376. The first-order valence-electron chi connectivity index (χ1n) is 2.11. The predicted octanol–water partition coefficient (Wildman–Crippen LogP) is 0.0656. The first kappa shape index (κ1) is 6.69. The molecule has 0 heterocycles. The van der Waals surface area contributed by atoms with E-state index in [2.05, 4.69) is 15.0 Å². The summed E-state index contributed by atoms with van der Waals surface area (Å²) in [5.74, 6) is -0.171. The molecule has 7 heavy (non-hydrogen) atoms. The van der Waals surface area contributed by atoms with Crippen molar-refractivity contribution >= 4 is 16.2 Å². The van der Waals surface area contributed by atoms with Crippen molar-refractivity contribution in [3.05, 3.63) is 0 Å². The van der Waals surface area contributed by atoms with Crippen LogP contribution in [0, 0.1) is 0 Å². The molecule has 0 N–H and O–H groups in total. The molecule has 0 saturated heterocycles. The summed E-state index contributed by atoms with van der Waals surface area (Å²) in [6.45, 7) is 1.75. The number of hydrogen-bond donors (Lipinski definition) is 0. The van der Waals surface area contributed by atoms with Crippen molar-refractivity contribution in [2.45, 2.75) is 13.3 Å². The molecule has 39 valence electrons. The average Bonchev–Trinajstić information content (AvgIpc) is 1.68. The largest absolute Gasteiger partial charge is 0.470 e. The molecule has 0 spiro atoms. The van der Waals surface area contributed by atoms with Gasteiger partial charge in [-0.25, -0.2) is 0 Å². The second-order valence-corrected chi connectivity index (χ2v) is 1.30. The third kappa shape index (κ3) is 3.52. The van der Waals surface area contributed by atoms with Gasteiger partial charge in [-0.1, -0.05) is 6.92 Å². The van der Waals surface area contributed by atoms with E-state index in [0.717, 1.165) is 0 Å². The van der Waals surface area contributed by atoms with E-state index in [0.29, 0.717) is 12.7 Å². The van der Waals surface area contributed by atoms with Gasteiger partial charge in [-0.15, -0.1) is 0 Å². The summed E-state index contributed by atoms with van der Waals surface area (Å²) in [5, 5.41) is 0. The van der Waals surface area contributed by atoms with E-state index in [9.17, 15) is 4.79 Å². The van der Waals surface area contributed by atoms with Crippen molar-refractivity contribution in [3.8, 4) is 0 Å². The lowest BCUT2D eigenvalue weighted by molar-refractivity contribution is -0.141. The molecule has 3 radical (unpaired) electrons. The molecule has 0 aromatic rings. The number of carbonyl (C=O) groups excluding carboxylic acids is 1. The normalized spacial score (nSPS) is 8.29. The fraction of sp³-hybridized carbons (Fsp3) is 0.750. The maximum Gasteiger partial charge on any atom is 0.305 e. The van der Waals surface area contributed by atoms with Crippen molar-refractivity contribution in [2.75, 3.05) is 6.23 Å². The molecule has 0 unspecified atom stereocenters. The molecule has 0 atom stereocenters. The number of ether oxygens (including phenoxy) is 1. The van der Waals surface area contributed by atoms with Gasteiger partial charge in [0.05, 0.1) is 16.5 Å². The standard InChI is InChI=1S/C4H7O2Si/c1-2-4(5)6-3-7/h2-3H2,1H3. The van der Waals surface area contributed by atoms with E-state index in [1.54, 1.807) is 6.92 Å². The molecule has 0 aliphatic carbocycles. The molecule has 0 aliphatic rings. The van der Waals surface area contributed by atoms with Gasteiger partial charge in [0, 0.05) is 6.42 Å². The van der Waals surface area contributed by atoms with Gasteiger partial charge in [-0.3, -0.25) is 4.79 Å². The van der Waals surface area contributed by atoms with Gasteiger partial charge in [-0.05, 0) is 0 Å². The molecule has 0 fully saturated rings. The number of rotatable bonds is 2. The third-order valence-electron chi connectivity index (χ3n) is 0.522. The van der Waals surface area contributed by atoms with E-state index in [4.69, 9.17) is 0 Å². The Hall–Kier alpha value is -0.313. The summed E-state index contributed by atoms with van der Waals surface area (Å²) in [4.78, 5) is 10.2. The molecule has 0 aliphatic heterocycles. The molecule has 0 saturated carbocycles. The van der Waals surface area contributed by atoms with Gasteiger partial charge in [-0.2, -0.15) is 0 Å². The Bertz CT molecular complexity index is 62.7. The highest BCUT2D eigenvalue weighted by molar-refractivity contribution is 6.08. The zero-order valence-corrected chi connectivity index (χ0v) is 5.23. The fourth-order valence-corrected chi connectivity index (χ4v) is 0.344. The smallest absolute Gasteiger partial charge is 0.305 e. The number of carbonyl (C=O) groups is 1. The summed E-state index contributed by atoms with van der Waals surface area (Å²) < 4.78 is 4.47. The molecule has 3 heteroatoms. The molecule has 2 nitrogen and oxygen atoms in total.